The maximum atomic E-state index is 6.04. The van der Waals surface area contributed by atoms with Crippen LogP contribution in [0.4, 0.5) is 0 Å². The predicted octanol–water partition coefficient (Wildman–Crippen LogP) is 3.11. The van der Waals surface area contributed by atoms with Crippen LogP contribution in [0.2, 0.25) is 0 Å². The number of rotatable bonds is 2. The van der Waals surface area contributed by atoms with Gasteiger partial charge in [0.15, 0.2) is 23.0 Å². The minimum atomic E-state index is 0.0136. The molecule has 0 radical (unpaired) electrons. The van der Waals surface area contributed by atoms with Crippen LogP contribution in [0.3, 0.4) is 0 Å². The molecule has 0 spiro atoms. The number of aryl methyl sites for hydroxylation is 1. The molecule has 108 valence electrons. The van der Waals surface area contributed by atoms with Gasteiger partial charge >= 0.3 is 0 Å². The van der Waals surface area contributed by atoms with Gasteiger partial charge in [-0.1, -0.05) is 12.1 Å². The molecule has 0 aromatic heterocycles. The second-order valence-electron chi connectivity index (χ2n) is 5.39. The van der Waals surface area contributed by atoms with Crippen LogP contribution in [0.15, 0.2) is 36.4 Å². The molecule has 2 aliphatic rings. The van der Waals surface area contributed by atoms with Crippen LogP contribution in [0.25, 0.3) is 0 Å². The van der Waals surface area contributed by atoms with Gasteiger partial charge in [-0.3, -0.25) is 0 Å². The van der Waals surface area contributed by atoms with Gasteiger partial charge in [0.1, 0.15) is 12.7 Å². The first-order chi connectivity index (χ1) is 10.3. The molecule has 4 nitrogen and oxygen atoms in total. The first-order valence-corrected chi connectivity index (χ1v) is 7.06. The second-order valence-corrected chi connectivity index (χ2v) is 5.39. The molecule has 21 heavy (non-hydrogen) atoms. The van der Waals surface area contributed by atoms with Gasteiger partial charge in [0, 0.05) is 6.42 Å². The summed E-state index contributed by atoms with van der Waals surface area (Å²) in [7, 11) is 0. The van der Waals surface area contributed by atoms with E-state index in [-0.39, 0.29) is 6.10 Å². The summed E-state index contributed by atoms with van der Waals surface area (Å²) >= 11 is 0. The lowest BCUT2D eigenvalue weighted by Gasteiger charge is -2.27. The fourth-order valence-corrected chi connectivity index (χ4v) is 2.65. The maximum absolute atomic E-state index is 6.04. The Morgan fingerprint density at radius 1 is 0.905 bits per heavy atom. The van der Waals surface area contributed by atoms with Crippen molar-refractivity contribution in [2.75, 3.05) is 13.4 Å². The molecule has 0 bridgehead atoms. The minimum absolute atomic E-state index is 0.0136. The van der Waals surface area contributed by atoms with Crippen molar-refractivity contribution < 1.29 is 18.9 Å². The number of hydrogen-bond acceptors (Lipinski definition) is 4. The molecule has 2 heterocycles. The Bertz CT molecular complexity index is 680. The highest BCUT2D eigenvalue weighted by atomic mass is 16.7. The van der Waals surface area contributed by atoms with Crippen molar-refractivity contribution in [1.82, 2.24) is 0 Å². The zero-order valence-corrected chi connectivity index (χ0v) is 11.8. The van der Waals surface area contributed by atoms with Crippen molar-refractivity contribution in [2.24, 2.45) is 0 Å². The molecule has 0 saturated carbocycles. The predicted molar refractivity (Wildman–Crippen MR) is 77.4 cm³/mol. The summed E-state index contributed by atoms with van der Waals surface area (Å²) in [6.07, 6.45) is 0.795. The van der Waals surface area contributed by atoms with Crippen molar-refractivity contribution in [2.45, 2.75) is 19.4 Å². The lowest BCUT2D eigenvalue weighted by atomic mass is 10.1. The van der Waals surface area contributed by atoms with Crippen LogP contribution >= 0.6 is 0 Å². The molecule has 1 unspecified atom stereocenters. The number of hydrogen-bond donors (Lipinski definition) is 0. The van der Waals surface area contributed by atoms with Crippen LogP contribution in [-0.2, 0) is 6.42 Å². The molecule has 4 rings (SSSR count). The van der Waals surface area contributed by atoms with Crippen LogP contribution in [-0.4, -0.2) is 19.5 Å². The second kappa shape index (κ2) is 4.88. The van der Waals surface area contributed by atoms with E-state index in [1.165, 1.54) is 5.56 Å². The highest BCUT2D eigenvalue weighted by molar-refractivity contribution is 5.46. The van der Waals surface area contributed by atoms with E-state index >= 15 is 0 Å². The lowest BCUT2D eigenvalue weighted by Crippen LogP contribution is -2.31. The van der Waals surface area contributed by atoms with E-state index in [0.717, 1.165) is 35.0 Å². The summed E-state index contributed by atoms with van der Waals surface area (Å²) in [5.41, 5.74) is 2.32. The van der Waals surface area contributed by atoms with Crippen molar-refractivity contribution in [1.29, 1.82) is 0 Å². The van der Waals surface area contributed by atoms with Gasteiger partial charge in [-0.25, -0.2) is 0 Å². The fourth-order valence-electron chi connectivity index (χ4n) is 2.65. The third kappa shape index (κ3) is 2.37. The third-order valence-electron chi connectivity index (χ3n) is 3.72. The molecule has 0 fully saturated rings. The van der Waals surface area contributed by atoms with Gasteiger partial charge in [-0.2, -0.15) is 0 Å². The third-order valence-corrected chi connectivity index (χ3v) is 3.72. The summed E-state index contributed by atoms with van der Waals surface area (Å²) < 4.78 is 22.5. The van der Waals surface area contributed by atoms with Crippen molar-refractivity contribution >= 4 is 0 Å². The number of fused-ring (bicyclic) bond motifs is 2. The Balaban J connectivity index is 1.51. The highest BCUT2D eigenvalue weighted by Gasteiger charge is 2.22. The molecule has 4 heteroatoms. The Morgan fingerprint density at radius 3 is 2.67 bits per heavy atom. The first-order valence-electron chi connectivity index (χ1n) is 7.06. The Morgan fingerprint density at radius 2 is 1.71 bits per heavy atom. The minimum Gasteiger partial charge on any atom is -0.486 e. The molecular weight excluding hydrogens is 268 g/mol. The molecule has 0 saturated heterocycles. The Hall–Kier alpha value is -2.36. The molecule has 2 aromatic carbocycles. The lowest BCUT2D eigenvalue weighted by molar-refractivity contribution is 0.0912. The summed E-state index contributed by atoms with van der Waals surface area (Å²) in [4.78, 5) is 0. The van der Waals surface area contributed by atoms with E-state index in [1.807, 2.05) is 43.3 Å². The molecule has 2 aliphatic heterocycles. The first kappa shape index (κ1) is 12.4. The van der Waals surface area contributed by atoms with Crippen molar-refractivity contribution in [3.05, 3.63) is 47.5 Å². The van der Waals surface area contributed by atoms with Gasteiger partial charge in [0.05, 0.1) is 0 Å². The zero-order chi connectivity index (χ0) is 14.2. The average molecular weight is 284 g/mol. The topological polar surface area (TPSA) is 36.9 Å². The molecule has 2 aromatic rings. The van der Waals surface area contributed by atoms with Gasteiger partial charge in [-0.15, -0.1) is 0 Å². The average Bonchev–Trinajstić information content (AvgIpc) is 2.94. The van der Waals surface area contributed by atoms with Crippen molar-refractivity contribution in [3.63, 3.8) is 0 Å². The van der Waals surface area contributed by atoms with E-state index in [1.54, 1.807) is 0 Å². The molecule has 1 atom stereocenters. The van der Waals surface area contributed by atoms with E-state index in [9.17, 15) is 0 Å². The van der Waals surface area contributed by atoms with Crippen LogP contribution in [0.5, 0.6) is 23.0 Å². The van der Waals surface area contributed by atoms with Crippen LogP contribution < -0.4 is 18.9 Å². The standard InChI is InChI=1S/C17H16O4/c1-11-2-4-15-17(6-11)21-13(9-18-15)7-12-3-5-14-16(8-12)20-10-19-14/h2-6,8,13H,7,9-10H2,1H3. The van der Waals surface area contributed by atoms with Gasteiger partial charge < -0.3 is 18.9 Å². The van der Waals surface area contributed by atoms with Crippen LogP contribution in [0.1, 0.15) is 11.1 Å². The molecule has 0 aliphatic carbocycles. The SMILES string of the molecule is Cc1ccc2c(c1)OC(Cc1ccc3c(c1)OCO3)CO2. The molecule has 0 amide bonds. The van der Waals surface area contributed by atoms with E-state index in [2.05, 4.69) is 0 Å². The normalized spacial score (nSPS) is 18.6. The Kier molecular flexibility index (Phi) is 2.88. The van der Waals surface area contributed by atoms with Gasteiger partial charge in [0.2, 0.25) is 6.79 Å². The van der Waals surface area contributed by atoms with Gasteiger partial charge in [-0.05, 0) is 42.3 Å². The molecular formula is C17H16O4. The largest absolute Gasteiger partial charge is 0.486 e. The summed E-state index contributed by atoms with van der Waals surface area (Å²) in [5.74, 6) is 3.26. The van der Waals surface area contributed by atoms with Crippen molar-refractivity contribution in [3.8, 4) is 23.0 Å². The Labute approximate surface area is 123 Å². The number of benzene rings is 2. The fraction of sp³-hybridized carbons (Fsp3) is 0.294. The quantitative estimate of drug-likeness (QED) is 0.849. The summed E-state index contributed by atoms with van der Waals surface area (Å²) in [5, 5.41) is 0. The van der Waals surface area contributed by atoms with E-state index in [4.69, 9.17) is 18.9 Å². The van der Waals surface area contributed by atoms with Gasteiger partial charge in [0.25, 0.3) is 0 Å². The monoisotopic (exact) mass is 284 g/mol. The summed E-state index contributed by atoms with van der Waals surface area (Å²) in [6.45, 7) is 2.91. The van der Waals surface area contributed by atoms with E-state index in [0.29, 0.717) is 13.4 Å². The maximum Gasteiger partial charge on any atom is 0.231 e. The number of ether oxygens (including phenoxy) is 4. The van der Waals surface area contributed by atoms with Crippen LogP contribution in [0, 0.1) is 6.92 Å². The van der Waals surface area contributed by atoms with E-state index < -0.39 is 0 Å². The highest BCUT2D eigenvalue weighted by Crippen LogP contribution is 2.35. The zero-order valence-electron chi connectivity index (χ0n) is 11.8. The summed E-state index contributed by atoms with van der Waals surface area (Å²) in [6, 6.07) is 12.0. The molecule has 0 N–H and O–H groups in total. The smallest absolute Gasteiger partial charge is 0.231 e.